The van der Waals surface area contributed by atoms with Crippen molar-refractivity contribution in [1.29, 1.82) is 0 Å². The summed E-state index contributed by atoms with van der Waals surface area (Å²) in [5, 5.41) is 15.6. The van der Waals surface area contributed by atoms with Crippen molar-refractivity contribution in [1.82, 2.24) is 35.7 Å². The summed E-state index contributed by atoms with van der Waals surface area (Å²) in [5.74, 6) is -2.99. The first kappa shape index (κ1) is 48.9. The lowest BCUT2D eigenvalue weighted by molar-refractivity contribution is -0.144. The Morgan fingerprint density at radius 3 is 2.32 bits per heavy atom. The minimum Gasteiger partial charge on any atom is -0.492 e. The first-order valence-electron chi connectivity index (χ1n) is 21.0. The van der Waals surface area contributed by atoms with E-state index in [-0.39, 0.29) is 59.3 Å². The Morgan fingerprint density at radius 2 is 1.70 bits per heavy atom. The third-order valence-electron chi connectivity index (χ3n) is 10.5. The van der Waals surface area contributed by atoms with Gasteiger partial charge in [-0.2, -0.15) is 18.3 Å². The number of unbranched alkanes of at least 4 members (excludes halogenated alkanes) is 1. The SMILES string of the molecule is Cc1ncsc1-c1ccc(CNC(=O)[C@@H]2CCCN2C(=O)[C@@H](NC(=O)CCCCOc2ccc(Nc3n[nH]c(-c4ccc(NS(=O)(=O)CC(F)(F)F)cc4)c3C(N)=O)nc2)C(C)(C)C)cc1. The monoisotopic (exact) mass is 952 g/mol. The van der Waals surface area contributed by atoms with Crippen LogP contribution in [0.4, 0.5) is 30.5 Å². The van der Waals surface area contributed by atoms with Gasteiger partial charge in [0, 0.05) is 30.8 Å². The molecular weight excluding hydrogens is 902 g/mol. The summed E-state index contributed by atoms with van der Waals surface area (Å²) >= 11 is 1.57. The van der Waals surface area contributed by atoms with Gasteiger partial charge in [0.05, 0.1) is 34.6 Å². The Kier molecular flexibility index (Phi) is 15.4. The van der Waals surface area contributed by atoms with Crippen molar-refractivity contribution in [2.24, 2.45) is 11.1 Å². The molecule has 0 radical (unpaired) electrons. The smallest absolute Gasteiger partial charge is 0.404 e. The van der Waals surface area contributed by atoms with Crippen LogP contribution in [0.1, 0.15) is 74.5 Å². The number of aromatic nitrogens is 4. The number of halogens is 3. The molecule has 1 aliphatic rings. The average Bonchev–Trinajstić information content (AvgIpc) is 4.02. The van der Waals surface area contributed by atoms with Gasteiger partial charge in [-0.1, -0.05) is 57.2 Å². The molecule has 22 heteroatoms. The van der Waals surface area contributed by atoms with Gasteiger partial charge >= 0.3 is 6.18 Å². The van der Waals surface area contributed by atoms with E-state index in [0.29, 0.717) is 50.1 Å². The maximum atomic E-state index is 14.0. The molecule has 1 saturated heterocycles. The number of hydrogen-bond acceptors (Lipinski definition) is 12. The number of carbonyl (C=O) groups is 4. The normalized spacial score (nSPS) is 14.7. The minimum atomic E-state index is -4.92. The largest absolute Gasteiger partial charge is 0.492 e. The number of aromatic amines is 1. The summed E-state index contributed by atoms with van der Waals surface area (Å²) < 4.78 is 69.2. The highest BCUT2D eigenvalue weighted by atomic mass is 32.2. The van der Waals surface area contributed by atoms with Crippen LogP contribution in [0, 0.1) is 12.3 Å². The number of pyridine rings is 1. The molecule has 5 aromatic rings. The fourth-order valence-electron chi connectivity index (χ4n) is 7.27. The maximum absolute atomic E-state index is 14.0. The summed E-state index contributed by atoms with van der Waals surface area (Å²) in [4.78, 5) is 64.3. The third kappa shape index (κ3) is 13.0. The Labute approximate surface area is 383 Å². The van der Waals surface area contributed by atoms with Crippen molar-refractivity contribution in [2.75, 3.05) is 28.9 Å². The van der Waals surface area contributed by atoms with E-state index in [1.807, 2.05) is 62.2 Å². The molecule has 4 heterocycles. The second-order valence-corrected chi connectivity index (χ2v) is 19.4. The number of aryl methyl sites for hydroxylation is 1. The van der Waals surface area contributed by atoms with Gasteiger partial charge in [-0.15, -0.1) is 11.3 Å². The number of nitrogens with one attached hydrogen (secondary N) is 5. The number of H-pyrrole nitrogens is 1. The third-order valence-corrected chi connectivity index (χ3v) is 12.8. The molecule has 6 rings (SSSR count). The summed E-state index contributed by atoms with van der Waals surface area (Å²) in [6.07, 6.45) is -1.14. The molecule has 3 aromatic heterocycles. The van der Waals surface area contributed by atoms with Crippen LogP contribution in [0.5, 0.6) is 5.75 Å². The molecule has 0 aliphatic carbocycles. The van der Waals surface area contributed by atoms with Crippen LogP contribution in [-0.4, -0.2) is 94.3 Å². The van der Waals surface area contributed by atoms with E-state index in [2.05, 4.69) is 36.1 Å². The van der Waals surface area contributed by atoms with E-state index in [1.165, 1.54) is 30.5 Å². The fraction of sp³-hybridized carbons (Fsp3) is 0.386. The molecule has 66 heavy (non-hydrogen) atoms. The van der Waals surface area contributed by atoms with Crippen LogP contribution in [0.25, 0.3) is 21.7 Å². The van der Waals surface area contributed by atoms with Gasteiger partial charge in [-0.05, 0) is 73.4 Å². The van der Waals surface area contributed by atoms with Crippen molar-refractivity contribution in [3.63, 3.8) is 0 Å². The Morgan fingerprint density at radius 1 is 0.985 bits per heavy atom. The van der Waals surface area contributed by atoms with Crippen molar-refractivity contribution in [2.45, 2.75) is 84.6 Å². The molecule has 0 spiro atoms. The summed E-state index contributed by atoms with van der Waals surface area (Å²) in [5.41, 5.74) is 10.1. The molecule has 17 nitrogen and oxygen atoms in total. The molecule has 7 N–H and O–H groups in total. The van der Waals surface area contributed by atoms with Gasteiger partial charge in [0.1, 0.15) is 29.2 Å². The Bertz CT molecular complexity index is 2610. The highest BCUT2D eigenvalue weighted by Crippen LogP contribution is 2.31. The molecule has 1 fully saturated rings. The lowest BCUT2D eigenvalue weighted by Crippen LogP contribution is -2.57. The zero-order valence-corrected chi connectivity index (χ0v) is 38.3. The molecule has 2 atom stereocenters. The van der Waals surface area contributed by atoms with Crippen molar-refractivity contribution < 1.29 is 45.5 Å². The number of primary amides is 1. The van der Waals surface area contributed by atoms with Gasteiger partial charge < -0.3 is 31.3 Å². The Hall–Kier alpha value is -6.55. The second kappa shape index (κ2) is 20.7. The minimum absolute atomic E-state index is 0.0317. The summed E-state index contributed by atoms with van der Waals surface area (Å²) in [6, 6.07) is 14.9. The van der Waals surface area contributed by atoms with Crippen LogP contribution in [-0.2, 0) is 31.0 Å². The number of amides is 4. The number of alkyl halides is 3. The van der Waals surface area contributed by atoms with Crippen LogP contribution in [0.2, 0.25) is 0 Å². The van der Waals surface area contributed by atoms with Crippen molar-refractivity contribution in [3.8, 4) is 27.4 Å². The van der Waals surface area contributed by atoms with Gasteiger partial charge in [-0.3, -0.25) is 29.0 Å². The number of nitrogens with two attached hydrogens (primary N) is 1. The highest BCUT2D eigenvalue weighted by molar-refractivity contribution is 7.92. The number of ether oxygens (including phenoxy) is 1. The quantitative estimate of drug-likeness (QED) is 0.0492. The van der Waals surface area contributed by atoms with Crippen LogP contribution < -0.4 is 31.1 Å². The van der Waals surface area contributed by atoms with E-state index in [4.69, 9.17) is 10.5 Å². The van der Waals surface area contributed by atoms with E-state index in [9.17, 15) is 40.8 Å². The summed E-state index contributed by atoms with van der Waals surface area (Å²) in [6.45, 7) is 8.59. The van der Waals surface area contributed by atoms with Crippen LogP contribution >= 0.6 is 11.3 Å². The van der Waals surface area contributed by atoms with Gasteiger partial charge in [-0.25, -0.2) is 18.4 Å². The second-order valence-electron chi connectivity index (χ2n) is 16.8. The van der Waals surface area contributed by atoms with Crippen LogP contribution in [0.3, 0.4) is 0 Å². The van der Waals surface area contributed by atoms with E-state index in [0.717, 1.165) is 21.7 Å². The standard InChI is InChI=1S/C44H51F3N10O7S2/c1-26-37(65-25-51-26)29-12-10-27(11-13-29)22-50-41(60)32-8-7-20-57(32)42(61)38(43(2,3)4)53-34(58)9-5-6-21-64-31-18-19-33(49-23-31)52-40-35(39(48)59)36(54-55-40)28-14-16-30(17-15-28)56-66(62,63)24-44(45,46)47/h10-19,23,25,32,38,56H,5-9,20-22,24H2,1-4H3,(H2,48,59)(H,50,60)(H,53,58)(H2,49,52,54,55)/t32-,38+/m0/s1. The van der Waals surface area contributed by atoms with Crippen molar-refractivity contribution in [3.05, 3.63) is 89.2 Å². The molecule has 4 amide bonds. The van der Waals surface area contributed by atoms with Crippen molar-refractivity contribution >= 4 is 62.3 Å². The molecule has 0 unspecified atom stereocenters. The zero-order chi connectivity index (χ0) is 47.8. The first-order chi connectivity index (χ1) is 31.2. The molecule has 0 bridgehead atoms. The summed E-state index contributed by atoms with van der Waals surface area (Å²) in [7, 11) is -4.69. The fourth-order valence-corrected chi connectivity index (χ4v) is 9.08. The Balaban J connectivity index is 0.946. The van der Waals surface area contributed by atoms with E-state index < -0.39 is 45.4 Å². The lowest BCUT2D eigenvalue weighted by atomic mass is 9.85. The topological polar surface area (TPSA) is 243 Å². The predicted octanol–water partition coefficient (Wildman–Crippen LogP) is 6.44. The molecule has 0 saturated carbocycles. The van der Waals surface area contributed by atoms with Gasteiger partial charge in [0.15, 0.2) is 11.6 Å². The molecule has 2 aromatic carbocycles. The lowest BCUT2D eigenvalue weighted by Gasteiger charge is -2.35. The molecular formula is C44H51F3N10O7S2. The zero-order valence-electron chi connectivity index (χ0n) is 36.6. The molecule has 352 valence electrons. The number of thiazole rings is 1. The number of rotatable bonds is 19. The number of benzene rings is 2. The number of carbonyl (C=O) groups excluding carboxylic acids is 4. The number of sulfonamides is 1. The van der Waals surface area contributed by atoms with E-state index in [1.54, 1.807) is 28.4 Å². The van der Waals surface area contributed by atoms with Gasteiger partial charge in [0.25, 0.3) is 5.91 Å². The van der Waals surface area contributed by atoms with Crippen LogP contribution in [0.15, 0.2) is 72.4 Å². The number of hydrogen-bond donors (Lipinski definition) is 6. The first-order valence-corrected chi connectivity index (χ1v) is 23.5. The predicted molar refractivity (Wildman–Crippen MR) is 243 cm³/mol. The maximum Gasteiger partial charge on any atom is 0.404 e. The number of nitrogens with zero attached hydrogens (tertiary/aromatic N) is 4. The average molecular weight is 953 g/mol. The molecule has 1 aliphatic heterocycles. The number of likely N-dealkylation sites (tertiary alicyclic amines) is 1. The highest BCUT2D eigenvalue weighted by Gasteiger charge is 2.42. The number of anilines is 3. The van der Waals surface area contributed by atoms with E-state index >= 15 is 0 Å². The van der Waals surface area contributed by atoms with Gasteiger partial charge in [0.2, 0.25) is 27.7 Å².